The van der Waals surface area contributed by atoms with Crippen LogP contribution >= 0.6 is 34.4 Å². The summed E-state index contributed by atoms with van der Waals surface area (Å²) in [5, 5.41) is 9.85. The van der Waals surface area contributed by atoms with E-state index in [-0.39, 0.29) is 16.4 Å². The number of phenols is 1. The van der Waals surface area contributed by atoms with E-state index >= 15 is 0 Å². The summed E-state index contributed by atoms with van der Waals surface area (Å²) in [6.07, 6.45) is 0.980. The molecule has 1 aromatic carbocycles. The summed E-state index contributed by atoms with van der Waals surface area (Å²) in [6, 6.07) is 5.14. The maximum absolute atomic E-state index is 12.5. The zero-order valence-electron chi connectivity index (χ0n) is 11.1. The smallest absolute Gasteiger partial charge is 0.257 e. The number of aromatic hydroxyl groups is 1. The Balaban J connectivity index is 2.17. The summed E-state index contributed by atoms with van der Waals surface area (Å²) < 4.78 is 1.19. The van der Waals surface area contributed by atoms with E-state index in [1.165, 1.54) is 0 Å². The lowest BCUT2D eigenvalue weighted by molar-refractivity contribution is 0.0761. The lowest BCUT2D eigenvalue weighted by atomic mass is 10.1. The Bertz CT molecular complexity index is 490. The Labute approximate surface area is 131 Å². The molecule has 0 atom stereocenters. The Kier molecular flexibility index (Phi) is 4.66. The summed E-state index contributed by atoms with van der Waals surface area (Å²) in [7, 11) is 0. The minimum atomic E-state index is -0.0608. The SMILES string of the molecule is CC1(C)CCN(C(=O)c2cc(I)ccc2O)CCS1. The molecule has 1 fully saturated rings. The predicted molar refractivity (Wildman–Crippen MR) is 87.9 cm³/mol. The van der Waals surface area contributed by atoms with E-state index in [2.05, 4.69) is 36.4 Å². The monoisotopic (exact) mass is 391 g/mol. The van der Waals surface area contributed by atoms with Gasteiger partial charge in [-0.1, -0.05) is 13.8 Å². The van der Waals surface area contributed by atoms with Crippen LogP contribution in [0.2, 0.25) is 0 Å². The molecule has 1 heterocycles. The maximum Gasteiger partial charge on any atom is 0.257 e. The first-order valence-corrected chi connectivity index (χ1v) is 8.37. The van der Waals surface area contributed by atoms with Crippen LogP contribution in [0, 0.1) is 3.57 Å². The van der Waals surface area contributed by atoms with Gasteiger partial charge in [-0.2, -0.15) is 11.8 Å². The normalized spacial score (nSPS) is 19.0. The van der Waals surface area contributed by atoms with Crippen molar-refractivity contribution in [1.29, 1.82) is 0 Å². The second kappa shape index (κ2) is 5.91. The van der Waals surface area contributed by atoms with Crippen LogP contribution < -0.4 is 0 Å². The van der Waals surface area contributed by atoms with Gasteiger partial charge in [0.05, 0.1) is 5.56 Å². The molecule has 3 nitrogen and oxygen atoms in total. The predicted octanol–water partition coefficient (Wildman–Crippen LogP) is 3.35. The molecule has 5 heteroatoms. The molecule has 0 aromatic heterocycles. The summed E-state index contributed by atoms with van der Waals surface area (Å²) in [4.78, 5) is 14.3. The first-order valence-electron chi connectivity index (χ1n) is 6.31. The van der Waals surface area contributed by atoms with E-state index in [0.29, 0.717) is 5.56 Å². The van der Waals surface area contributed by atoms with Crippen molar-refractivity contribution in [3.8, 4) is 5.75 Å². The van der Waals surface area contributed by atoms with E-state index in [4.69, 9.17) is 0 Å². The Hall–Kier alpha value is -0.430. The number of hydrogen-bond acceptors (Lipinski definition) is 3. The number of benzene rings is 1. The molecular formula is C14H18INO2S. The largest absolute Gasteiger partial charge is 0.507 e. The third kappa shape index (κ3) is 3.78. The molecule has 1 N–H and O–H groups in total. The molecule has 2 rings (SSSR count). The minimum absolute atomic E-state index is 0.0608. The Morgan fingerprint density at radius 2 is 2.16 bits per heavy atom. The molecule has 104 valence electrons. The molecule has 1 aliphatic heterocycles. The van der Waals surface area contributed by atoms with Crippen LogP contribution in [-0.4, -0.2) is 39.5 Å². The van der Waals surface area contributed by atoms with Crippen LogP contribution in [0.5, 0.6) is 5.75 Å². The van der Waals surface area contributed by atoms with Crippen LogP contribution in [0.4, 0.5) is 0 Å². The van der Waals surface area contributed by atoms with Crippen molar-refractivity contribution in [1.82, 2.24) is 4.90 Å². The van der Waals surface area contributed by atoms with E-state index in [1.54, 1.807) is 18.2 Å². The second-order valence-electron chi connectivity index (χ2n) is 5.31. The maximum atomic E-state index is 12.5. The van der Waals surface area contributed by atoms with Crippen LogP contribution in [0.3, 0.4) is 0 Å². The van der Waals surface area contributed by atoms with Crippen LogP contribution in [0.1, 0.15) is 30.6 Å². The van der Waals surface area contributed by atoms with E-state index in [1.807, 2.05) is 16.7 Å². The van der Waals surface area contributed by atoms with Gasteiger partial charge in [-0.15, -0.1) is 0 Å². The fourth-order valence-electron chi connectivity index (χ4n) is 2.07. The highest BCUT2D eigenvalue weighted by atomic mass is 127. The fraction of sp³-hybridized carbons (Fsp3) is 0.500. The Morgan fingerprint density at radius 1 is 1.42 bits per heavy atom. The molecule has 1 aromatic rings. The van der Waals surface area contributed by atoms with Crippen molar-refractivity contribution < 1.29 is 9.90 Å². The van der Waals surface area contributed by atoms with Crippen LogP contribution in [0.25, 0.3) is 0 Å². The van der Waals surface area contributed by atoms with Crippen molar-refractivity contribution in [2.45, 2.75) is 25.0 Å². The first-order chi connectivity index (χ1) is 8.89. The lowest BCUT2D eigenvalue weighted by Gasteiger charge is -2.23. The van der Waals surface area contributed by atoms with Crippen molar-refractivity contribution in [3.63, 3.8) is 0 Å². The zero-order chi connectivity index (χ0) is 14.0. The lowest BCUT2D eigenvalue weighted by Crippen LogP contribution is -2.33. The van der Waals surface area contributed by atoms with Gasteiger partial charge >= 0.3 is 0 Å². The number of hydrogen-bond donors (Lipinski definition) is 1. The van der Waals surface area contributed by atoms with Crippen LogP contribution in [-0.2, 0) is 0 Å². The molecule has 1 aliphatic rings. The van der Waals surface area contributed by atoms with E-state index in [0.717, 1.165) is 28.8 Å². The van der Waals surface area contributed by atoms with Gasteiger partial charge in [0, 0.05) is 27.2 Å². The molecule has 1 saturated heterocycles. The molecule has 0 spiro atoms. The summed E-state index contributed by atoms with van der Waals surface area (Å²) >= 11 is 4.06. The molecule has 0 unspecified atom stereocenters. The fourth-order valence-corrected chi connectivity index (χ4v) is 3.66. The molecule has 19 heavy (non-hydrogen) atoms. The van der Waals surface area contributed by atoms with Gasteiger partial charge in [0.2, 0.25) is 0 Å². The minimum Gasteiger partial charge on any atom is -0.507 e. The average Bonchev–Trinajstić information content (AvgIpc) is 2.52. The molecule has 0 radical (unpaired) electrons. The highest BCUT2D eigenvalue weighted by Gasteiger charge is 2.27. The number of halogens is 1. The molecular weight excluding hydrogens is 373 g/mol. The number of nitrogens with zero attached hydrogens (tertiary/aromatic N) is 1. The molecule has 1 amide bonds. The highest BCUT2D eigenvalue weighted by Crippen LogP contribution is 2.31. The quantitative estimate of drug-likeness (QED) is 0.747. The van der Waals surface area contributed by atoms with Crippen LogP contribution in [0.15, 0.2) is 18.2 Å². The van der Waals surface area contributed by atoms with Gasteiger partial charge in [-0.3, -0.25) is 4.79 Å². The van der Waals surface area contributed by atoms with Gasteiger partial charge in [0.15, 0.2) is 0 Å². The summed E-state index contributed by atoms with van der Waals surface area (Å²) in [6.45, 7) is 5.94. The first kappa shape index (κ1) is 15.0. The number of carbonyl (C=O) groups excluding carboxylic acids is 1. The van der Waals surface area contributed by atoms with Gasteiger partial charge in [0.1, 0.15) is 5.75 Å². The highest BCUT2D eigenvalue weighted by molar-refractivity contribution is 14.1. The third-order valence-corrected chi connectivity index (χ3v) is 5.36. The summed E-state index contributed by atoms with van der Waals surface area (Å²) in [5.41, 5.74) is 0.414. The summed E-state index contributed by atoms with van der Waals surface area (Å²) in [5.74, 6) is 0.958. The van der Waals surface area contributed by atoms with Gasteiger partial charge in [0.25, 0.3) is 5.91 Å². The van der Waals surface area contributed by atoms with Crippen molar-refractivity contribution in [2.75, 3.05) is 18.8 Å². The second-order valence-corrected chi connectivity index (χ2v) is 8.36. The van der Waals surface area contributed by atoms with Gasteiger partial charge < -0.3 is 10.0 Å². The Morgan fingerprint density at radius 3 is 2.89 bits per heavy atom. The molecule has 0 aliphatic carbocycles. The number of amides is 1. The topological polar surface area (TPSA) is 40.5 Å². The third-order valence-electron chi connectivity index (χ3n) is 3.31. The molecule has 0 saturated carbocycles. The van der Waals surface area contributed by atoms with E-state index < -0.39 is 0 Å². The number of rotatable bonds is 1. The van der Waals surface area contributed by atoms with Gasteiger partial charge in [-0.05, 0) is 47.2 Å². The molecule has 0 bridgehead atoms. The van der Waals surface area contributed by atoms with Gasteiger partial charge in [-0.25, -0.2) is 0 Å². The van der Waals surface area contributed by atoms with Crippen molar-refractivity contribution >= 4 is 40.3 Å². The van der Waals surface area contributed by atoms with Crippen molar-refractivity contribution in [3.05, 3.63) is 27.3 Å². The number of phenolic OH excluding ortho intramolecular Hbond substituents is 1. The number of thioether (sulfide) groups is 1. The van der Waals surface area contributed by atoms with Crippen molar-refractivity contribution in [2.24, 2.45) is 0 Å². The zero-order valence-corrected chi connectivity index (χ0v) is 14.1. The van der Waals surface area contributed by atoms with E-state index in [9.17, 15) is 9.90 Å². The average molecular weight is 391 g/mol. The number of carbonyl (C=O) groups is 1. The standard InChI is InChI=1S/C14H18INO2S/c1-14(2)5-6-16(7-8-19-14)13(18)11-9-10(15)3-4-12(11)17/h3-4,9,17H,5-8H2,1-2H3.